The zero-order chi connectivity index (χ0) is 26.0. The molecule has 37 heavy (non-hydrogen) atoms. The van der Waals surface area contributed by atoms with E-state index in [1.165, 1.54) is 29.5 Å². The fourth-order valence-corrected chi connectivity index (χ4v) is 5.35. The van der Waals surface area contributed by atoms with Gasteiger partial charge in [-0.25, -0.2) is 4.98 Å². The molecule has 2 atom stereocenters. The molecule has 190 valence electrons. The summed E-state index contributed by atoms with van der Waals surface area (Å²) in [5.41, 5.74) is 3.84. The van der Waals surface area contributed by atoms with Crippen LogP contribution in [-0.2, 0) is 0 Å². The molecule has 2 amide bonds. The molecule has 2 heterocycles. The Balaban J connectivity index is 1.37. The number of likely N-dealkylation sites (tertiary alicyclic amines) is 1. The highest BCUT2D eigenvalue weighted by Gasteiger charge is 2.36. The minimum atomic E-state index is -4.92. The van der Waals surface area contributed by atoms with Gasteiger partial charge in [-0.05, 0) is 42.3 Å². The normalized spacial score (nSPS) is 18.0. The third kappa shape index (κ3) is 5.59. The molecular formula is C27H22F3N3O3S. The van der Waals surface area contributed by atoms with Crippen molar-refractivity contribution in [3.05, 3.63) is 95.0 Å². The fraction of sp³-hybridized carbons (Fsp3) is 0.222. The maximum atomic E-state index is 13.4. The molecule has 0 aliphatic carbocycles. The molecule has 0 bridgehead atoms. The van der Waals surface area contributed by atoms with E-state index in [2.05, 4.69) is 15.0 Å². The van der Waals surface area contributed by atoms with Crippen molar-refractivity contribution in [2.45, 2.75) is 24.7 Å². The molecule has 0 radical (unpaired) electrons. The molecule has 10 heteroatoms. The van der Waals surface area contributed by atoms with E-state index >= 15 is 0 Å². The third-order valence-corrected chi connectivity index (χ3v) is 7.17. The Morgan fingerprint density at radius 1 is 1.03 bits per heavy atom. The first-order valence-electron chi connectivity index (χ1n) is 11.6. The molecule has 3 aromatic carbocycles. The number of nitrogens with zero attached hydrogens (tertiary/aromatic N) is 2. The van der Waals surface area contributed by atoms with Gasteiger partial charge in [0.1, 0.15) is 5.75 Å². The molecule has 4 aromatic rings. The Hall–Kier alpha value is -3.92. The summed E-state index contributed by atoms with van der Waals surface area (Å²) in [4.78, 5) is 32.5. The summed E-state index contributed by atoms with van der Waals surface area (Å²) in [6, 6.07) is 19.7. The molecule has 0 spiro atoms. The molecule has 1 aliphatic heterocycles. The summed E-state index contributed by atoms with van der Waals surface area (Å²) in [7, 11) is 0. The molecule has 0 unspecified atom stereocenters. The van der Waals surface area contributed by atoms with E-state index in [0.29, 0.717) is 25.1 Å². The maximum absolute atomic E-state index is 13.4. The number of aromatic nitrogens is 1. The smallest absolute Gasteiger partial charge is 0.405 e. The number of rotatable bonds is 5. The van der Waals surface area contributed by atoms with Crippen molar-refractivity contribution in [3.63, 3.8) is 0 Å². The quantitative estimate of drug-likeness (QED) is 0.367. The van der Waals surface area contributed by atoms with Crippen LogP contribution in [0.4, 0.5) is 13.2 Å². The average molecular weight is 526 g/mol. The van der Waals surface area contributed by atoms with Crippen molar-refractivity contribution in [3.8, 4) is 5.75 Å². The van der Waals surface area contributed by atoms with Gasteiger partial charge in [-0.15, -0.1) is 24.5 Å². The Kier molecular flexibility index (Phi) is 6.84. The van der Waals surface area contributed by atoms with E-state index in [4.69, 9.17) is 0 Å². The Labute approximate surface area is 214 Å². The van der Waals surface area contributed by atoms with Gasteiger partial charge in [0.2, 0.25) is 0 Å². The van der Waals surface area contributed by atoms with Crippen LogP contribution in [0.5, 0.6) is 5.75 Å². The summed E-state index contributed by atoms with van der Waals surface area (Å²) < 4.78 is 43.6. The number of amides is 2. The number of carbonyl (C=O) groups is 2. The van der Waals surface area contributed by atoms with Crippen LogP contribution in [-0.4, -0.2) is 47.2 Å². The van der Waals surface area contributed by atoms with Crippen molar-refractivity contribution in [1.82, 2.24) is 15.2 Å². The molecule has 1 aromatic heterocycles. The van der Waals surface area contributed by atoms with Crippen molar-refractivity contribution in [2.75, 3.05) is 13.1 Å². The number of thiazole rings is 1. The number of carbonyl (C=O) groups excluding carboxylic acids is 2. The Bertz CT molecular complexity index is 1420. The van der Waals surface area contributed by atoms with Gasteiger partial charge in [-0.2, -0.15) is 0 Å². The Morgan fingerprint density at radius 3 is 2.57 bits per heavy atom. The van der Waals surface area contributed by atoms with Crippen molar-refractivity contribution in [1.29, 1.82) is 0 Å². The van der Waals surface area contributed by atoms with Gasteiger partial charge >= 0.3 is 6.36 Å². The number of para-hydroxylation sites is 1. The monoisotopic (exact) mass is 525 g/mol. The summed E-state index contributed by atoms with van der Waals surface area (Å²) in [6.07, 6.45) is -4.49. The molecule has 1 aliphatic rings. The van der Waals surface area contributed by atoms with Crippen LogP contribution < -0.4 is 10.1 Å². The minimum Gasteiger partial charge on any atom is -0.405 e. The summed E-state index contributed by atoms with van der Waals surface area (Å²) in [5, 5.41) is 2.90. The minimum absolute atomic E-state index is 0.120. The SMILES string of the molecule is O=C(N[C@@H]1CCN(C(=O)c2ccc3ncsc3c2)C[C@@H]1c1ccccc1)c1ccccc1OC(F)(F)F. The van der Waals surface area contributed by atoms with Crippen LogP contribution in [0.3, 0.4) is 0 Å². The molecule has 5 rings (SSSR count). The molecule has 1 N–H and O–H groups in total. The van der Waals surface area contributed by atoms with Gasteiger partial charge in [0.15, 0.2) is 0 Å². The van der Waals surface area contributed by atoms with Crippen LogP contribution >= 0.6 is 11.3 Å². The zero-order valence-corrected chi connectivity index (χ0v) is 20.3. The number of hydrogen-bond donors (Lipinski definition) is 1. The summed E-state index contributed by atoms with van der Waals surface area (Å²) in [5.74, 6) is -1.60. The van der Waals surface area contributed by atoms with E-state index in [-0.39, 0.29) is 17.4 Å². The predicted octanol–water partition coefficient (Wildman–Crippen LogP) is 5.62. The van der Waals surface area contributed by atoms with Gasteiger partial charge in [0.25, 0.3) is 11.8 Å². The topological polar surface area (TPSA) is 71.5 Å². The van der Waals surface area contributed by atoms with Gasteiger partial charge in [-0.3, -0.25) is 9.59 Å². The second-order valence-electron chi connectivity index (χ2n) is 8.72. The van der Waals surface area contributed by atoms with E-state index in [9.17, 15) is 22.8 Å². The zero-order valence-electron chi connectivity index (χ0n) is 19.4. The molecule has 6 nitrogen and oxygen atoms in total. The highest BCUT2D eigenvalue weighted by molar-refractivity contribution is 7.16. The van der Waals surface area contributed by atoms with Gasteiger partial charge < -0.3 is 15.0 Å². The van der Waals surface area contributed by atoms with Crippen LogP contribution in [0.2, 0.25) is 0 Å². The van der Waals surface area contributed by atoms with Gasteiger partial charge in [-0.1, -0.05) is 42.5 Å². The maximum Gasteiger partial charge on any atom is 0.573 e. The van der Waals surface area contributed by atoms with E-state index < -0.39 is 24.1 Å². The van der Waals surface area contributed by atoms with Crippen LogP contribution in [0.15, 0.2) is 78.3 Å². The number of benzene rings is 3. The van der Waals surface area contributed by atoms with Crippen molar-refractivity contribution >= 4 is 33.4 Å². The fourth-order valence-electron chi connectivity index (χ4n) is 4.63. The van der Waals surface area contributed by atoms with E-state index in [0.717, 1.165) is 21.8 Å². The first-order chi connectivity index (χ1) is 17.8. The first kappa shape index (κ1) is 24.8. The van der Waals surface area contributed by atoms with E-state index in [1.807, 2.05) is 42.5 Å². The largest absolute Gasteiger partial charge is 0.573 e. The van der Waals surface area contributed by atoms with Gasteiger partial charge in [0, 0.05) is 30.6 Å². The van der Waals surface area contributed by atoms with Crippen LogP contribution in [0.25, 0.3) is 10.2 Å². The molecule has 1 fully saturated rings. The Morgan fingerprint density at radius 2 is 1.78 bits per heavy atom. The lowest BCUT2D eigenvalue weighted by atomic mass is 9.85. The number of hydrogen-bond acceptors (Lipinski definition) is 5. The lowest BCUT2D eigenvalue weighted by molar-refractivity contribution is -0.274. The number of halogens is 3. The number of alkyl halides is 3. The lowest BCUT2D eigenvalue weighted by Crippen LogP contribution is -2.51. The third-order valence-electron chi connectivity index (χ3n) is 6.38. The highest BCUT2D eigenvalue weighted by atomic mass is 32.1. The average Bonchev–Trinajstić information content (AvgIpc) is 3.36. The molecule has 0 saturated carbocycles. The second kappa shape index (κ2) is 10.2. The number of fused-ring (bicyclic) bond motifs is 1. The van der Waals surface area contributed by atoms with Crippen molar-refractivity contribution in [2.24, 2.45) is 0 Å². The summed E-state index contributed by atoms with van der Waals surface area (Å²) >= 11 is 1.46. The number of piperidine rings is 1. The standard InChI is InChI=1S/C27H22F3N3O3S/c28-27(29,30)36-23-9-5-4-8-19(23)25(34)32-21-12-13-33(15-20(21)17-6-2-1-3-7-17)26(35)18-10-11-22-24(14-18)37-16-31-22/h1-11,14,16,20-21H,12-13,15H2,(H,32,34)/t20-,21-/m1/s1. The predicted molar refractivity (Wildman–Crippen MR) is 134 cm³/mol. The van der Waals surface area contributed by atoms with Crippen molar-refractivity contribution < 1.29 is 27.5 Å². The van der Waals surface area contributed by atoms with E-state index in [1.54, 1.807) is 16.5 Å². The number of ether oxygens (including phenoxy) is 1. The van der Waals surface area contributed by atoms with Crippen LogP contribution in [0.1, 0.15) is 38.6 Å². The molecular weight excluding hydrogens is 503 g/mol. The highest BCUT2D eigenvalue weighted by Crippen LogP contribution is 2.31. The summed E-state index contributed by atoms with van der Waals surface area (Å²) in [6.45, 7) is 0.726. The molecule has 1 saturated heterocycles. The second-order valence-corrected chi connectivity index (χ2v) is 9.60. The number of nitrogens with one attached hydrogen (secondary N) is 1. The van der Waals surface area contributed by atoms with Crippen LogP contribution in [0, 0.1) is 0 Å². The lowest BCUT2D eigenvalue weighted by Gasteiger charge is -2.39. The first-order valence-corrected chi connectivity index (χ1v) is 12.5. The van der Waals surface area contributed by atoms with Gasteiger partial charge in [0.05, 0.1) is 21.3 Å².